The van der Waals surface area contributed by atoms with Gasteiger partial charge in [-0.15, -0.1) is 0 Å². The fourth-order valence-electron chi connectivity index (χ4n) is 3.72. The molecule has 0 amide bonds. The maximum absolute atomic E-state index is 6.35. The van der Waals surface area contributed by atoms with Crippen molar-refractivity contribution < 1.29 is 18.9 Å². The maximum Gasteiger partial charge on any atom is 0.184 e. The van der Waals surface area contributed by atoms with E-state index in [1.807, 2.05) is 24.3 Å². The molecule has 3 aliphatic heterocycles. The molecule has 4 rings (SSSR count). The molecular weight excluding hydrogens is 348 g/mol. The van der Waals surface area contributed by atoms with Crippen LogP contribution in [0, 0.1) is 0 Å². The summed E-state index contributed by atoms with van der Waals surface area (Å²) in [5.41, 5.74) is 0.722. The molecule has 4 nitrogen and oxygen atoms in total. The highest BCUT2D eigenvalue weighted by Crippen LogP contribution is 2.43. The molecule has 5 heteroatoms. The van der Waals surface area contributed by atoms with Gasteiger partial charge in [-0.1, -0.05) is 28.1 Å². The van der Waals surface area contributed by atoms with E-state index in [0.717, 1.165) is 48.9 Å². The summed E-state index contributed by atoms with van der Waals surface area (Å²) in [4.78, 5) is 0. The first-order chi connectivity index (χ1) is 10.8. The van der Waals surface area contributed by atoms with E-state index in [0.29, 0.717) is 6.61 Å². The van der Waals surface area contributed by atoms with Crippen molar-refractivity contribution in [1.29, 1.82) is 0 Å². The molecule has 120 valence electrons. The van der Waals surface area contributed by atoms with Crippen molar-refractivity contribution in [2.45, 2.75) is 49.8 Å². The van der Waals surface area contributed by atoms with E-state index in [4.69, 9.17) is 18.9 Å². The molecule has 1 spiro atoms. The van der Waals surface area contributed by atoms with Crippen LogP contribution in [-0.4, -0.2) is 37.6 Å². The van der Waals surface area contributed by atoms with Crippen LogP contribution in [0.5, 0.6) is 0 Å². The molecular formula is C17H21BrO4. The molecule has 3 heterocycles. The van der Waals surface area contributed by atoms with E-state index in [1.54, 1.807) is 0 Å². The second kappa shape index (κ2) is 6.21. The van der Waals surface area contributed by atoms with Gasteiger partial charge < -0.3 is 18.9 Å². The summed E-state index contributed by atoms with van der Waals surface area (Å²) in [6.45, 7) is 2.20. The molecule has 22 heavy (non-hydrogen) atoms. The molecule has 3 saturated heterocycles. The lowest BCUT2D eigenvalue weighted by molar-refractivity contribution is -0.312. The highest BCUT2D eigenvalue weighted by atomic mass is 79.9. The fourth-order valence-corrected chi connectivity index (χ4v) is 3.98. The standard InChI is InChI=1S/C17H21BrO4/c18-13-6-4-12(5-7-13)16-20-11-17(8-2-10-21-17)15(22-16)14-3-1-9-19-14/h4-7,14-16H,1-3,8-11H2/t14-,15+,16-,17-/m0/s1. The minimum atomic E-state index is -0.336. The number of halogens is 1. The van der Waals surface area contributed by atoms with Gasteiger partial charge in [-0.3, -0.25) is 0 Å². The second-order valence-electron chi connectivity index (χ2n) is 6.32. The lowest BCUT2D eigenvalue weighted by atomic mass is 9.88. The quantitative estimate of drug-likeness (QED) is 0.799. The van der Waals surface area contributed by atoms with Gasteiger partial charge in [0, 0.05) is 23.2 Å². The third-order valence-corrected chi connectivity index (χ3v) is 5.37. The molecule has 0 N–H and O–H groups in total. The number of benzene rings is 1. The van der Waals surface area contributed by atoms with Crippen molar-refractivity contribution >= 4 is 15.9 Å². The molecule has 0 unspecified atom stereocenters. The van der Waals surface area contributed by atoms with Crippen LogP contribution < -0.4 is 0 Å². The molecule has 0 saturated carbocycles. The Morgan fingerprint density at radius 1 is 1.05 bits per heavy atom. The maximum atomic E-state index is 6.35. The van der Waals surface area contributed by atoms with Crippen LogP contribution in [0.15, 0.2) is 28.7 Å². The Balaban J connectivity index is 1.57. The highest BCUT2D eigenvalue weighted by molar-refractivity contribution is 9.10. The predicted molar refractivity (Wildman–Crippen MR) is 84.6 cm³/mol. The van der Waals surface area contributed by atoms with Crippen molar-refractivity contribution in [3.8, 4) is 0 Å². The van der Waals surface area contributed by atoms with Crippen LogP contribution in [0.1, 0.15) is 37.5 Å². The third kappa shape index (κ3) is 2.74. The van der Waals surface area contributed by atoms with Crippen LogP contribution in [-0.2, 0) is 18.9 Å². The molecule has 0 bridgehead atoms. The number of ether oxygens (including phenoxy) is 4. The Kier molecular flexibility index (Phi) is 4.26. The predicted octanol–water partition coefficient (Wildman–Crippen LogP) is 3.59. The average molecular weight is 369 g/mol. The van der Waals surface area contributed by atoms with E-state index in [1.165, 1.54) is 0 Å². The average Bonchev–Trinajstić information content (AvgIpc) is 3.21. The van der Waals surface area contributed by atoms with Crippen LogP contribution in [0.4, 0.5) is 0 Å². The normalized spacial score (nSPS) is 38.7. The molecule has 3 aliphatic rings. The molecule has 1 aromatic carbocycles. The first-order valence-corrected chi connectivity index (χ1v) is 8.84. The van der Waals surface area contributed by atoms with Crippen molar-refractivity contribution in [2.24, 2.45) is 0 Å². The Morgan fingerprint density at radius 2 is 1.91 bits per heavy atom. The summed E-state index contributed by atoms with van der Waals surface area (Å²) in [6, 6.07) is 8.10. The van der Waals surface area contributed by atoms with Gasteiger partial charge >= 0.3 is 0 Å². The summed E-state index contributed by atoms with van der Waals surface area (Å²) in [7, 11) is 0. The summed E-state index contributed by atoms with van der Waals surface area (Å²) < 4.78 is 25.4. The van der Waals surface area contributed by atoms with Crippen molar-refractivity contribution in [1.82, 2.24) is 0 Å². The Hall–Kier alpha value is -0.460. The Bertz CT molecular complexity index is 506. The number of rotatable bonds is 2. The number of hydrogen-bond donors (Lipinski definition) is 0. The zero-order chi connectivity index (χ0) is 15.0. The van der Waals surface area contributed by atoms with E-state index < -0.39 is 0 Å². The fraction of sp³-hybridized carbons (Fsp3) is 0.647. The van der Waals surface area contributed by atoms with E-state index >= 15 is 0 Å². The molecule has 0 aliphatic carbocycles. The van der Waals surface area contributed by atoms with Gasteiger partial charge in [0.2, 0.25) is 0 Å². The lowest BCUT2D eigenvalue weighted by Crippen LogP contribution is -2.57. The minimum absolute atomic E-state index is 0.0418. The van der Waals surface area contributed by atoms with Crippen molar-refractivity contribution in [2.75, 3.05) is 19.8 Å². The summed E-state index contributed by atoms with van der Waals surface area (Å²) in [5.74, 6) is 0. The van der Waals surface area contributed by atoms with Crippen LogP contribution in [0.2, 0.25) is 0 Å². The van der Waals surface area contributed by atoms with Gasteiger partial charge in [0.05, 0.1) is 12.7 Å². The SMILES string of the molecule is Brc1ccc([C@H]2OC[C@@]3(CCCO3)[C@@H]([C@@H]3CCCO3)O2)cc1. The topological polar surface area (TPSA) is 36.9 Å². The van der Waals surface area contributed by atoms with E-state index in [-0.39, 0.29) is 24.1 Å². The first kappa shape index (κ1) is 15.1. The van der Waals surface area contributed by atoms with Gasteiger partial charge in [0.25, 0.3) is 0 Å². The van der Waals surface area contributed by atoms with Crippen molar-refractivity contribution in [3.63, 3.8) is 0 Å². The third-order valence-electron chi connectivity index (χ3n) is 4.85. The lowest BCUT2D eigenvalue weighted by Gasteiger charge is -2.45. The Labute approximate surface area is 139 Å². The highest BCUT2D eigenvalue weighted by Gasteiger charge is 2.52. The van der Waals surface area contributed by atoms with E-state index in [2.05, 4.69) is 15.9 Å². The zero-order valence-electron chi connectivity index (χ0n) is 12.5. The summed E-state index contributed by atoms with van der Waals surface area (Å²) in [5, 5.41) is 0. The van der Waals surface area contributed by atoms with Crippen LogP contribution in [0.25, 0.3) is 0 Å². The van der Waals surface area contributed by atoms with Crippen LogP contribution >= 0.6 is 15.9 Å². The number of hydrogen-bond acceptors (Lipinski definition) is 4. The molecule has 1 aromatic rings. The van der Waals surface area contributed by atoms with Crippen LogP contribution in [0.3, 0.4) is 0 Å². The summed E-state index contributed by atoms with van der Waals surface area (Å²) >= 11 is 3.46. The van der Waals surface area contributed by atoms with Gasteiger partial charge in [-0.2, -0.15) is 0 Å². The van der Waals surface area contributed by atoms with Gasteiger partial charge in [0.15, 0.2) is 6.29 Å². The first-order valence-electron chi connectivity index (χ1n) is 8.05. The van der Waals surface area contributed by atoms with Gasteiger partial charge in [-0.05, 0) is 37.8 Å². The minimum Gasteiger partial charge on any atom is -0.375 e. The van der Waals surface area contributed by atoms with E-state index in [9.17, 15) is 0 Å². The monoisotopic (exact) mass is 368 g/mol. The zero-order valence-corrected chi connectivity index (χ0v) is 14.1. The summed E-state index contributed by atoms with van der Waals surface area (Å²) in [6.07, 6.45) is 3.95. The molecule has 4 atom stereocenters. The largest absolute Gasteiger partial charge is 0.375 e. The van der Waals surface area contributed by atoms with Gasteiger partial charge in [0.1, 0.15) is 11.7 Å². The molecule has 3 fully saturated rings. The van der Waals surface area contributed by atoms with Crippen molar-refractivity contribution in [3.05, 3.63) is 34.3 Å². The second-order valence-corrected chi connectivity index (χ2v) is 7.24. The molecule has 0 aromatic heterocycles. The molecule has 0 radical (unpaired) electrons. The Morgan fingerprint density at radius 3 is 2.59 bits per heavy atom. The smallest absolute Gasteiger partial charge is 0.184 e. The van der Waals surface area contributed by atoms with Gasteiger partial charge in [-0.25, -0.2) is 0 Å².